The number of hydrogen-bond donors (Lipinski definition) is 1. The molecule has 3 heteroatoms. The Morgan fingerprint density at radius 3 is 2.86 bits per heavy atom. The first-order chi connectivity index (χ1) is 6.78. The Morgan fingerprint density at radius 1 is 1.71 bits per heavy atom. The number of nitrogens with one attached hydrogen (secondary N) is 1. The monoisotopic (exact) mass is 188 g/mol. The second kappa shape index (κ2) is 4.33. The fraction of sp³-hybridized carbons (Fsp3) is 0.182. The highest BCUT2D eigenvalue weighted by Gasteiger charge is 2.11. The molecule has 0 fully saturated rings. The molecule has 0 aliphatic carbocycles. The summed E-state index contributed by atoms with van der Waals surface area (Å²) in [7, 11) is 1.59. The summed E-state index contributed by atoms with van der Waals surface area (Å²) >= 11 is 0. The van der Waals surface area contributed by atoms with Gasteiger partial charge in [0, 0.05) is 11.8 Å². The van der Waals surface area contributed by atoms with Crippen LogP contribution in [-0.2, 0) is 4.74 Å². The Labute approximate surface area is 83.3 Å². The van der Waals surface area contributed by atoms with Gasteiger partial charge in [0.1, 0.15) is 11.8 Å². The summed E-state index contributed by atoms with van der Waals surface area (Å²) in [5, 5.41) is 8.81. The van der Waals surface area contributed by atoms with Crippen molar-refractivity contribution < 1.29 is 4.74 Å². The second-order valence-electron chi connectivity index (χ2n) is 2.66. The minimum Gasteiger partial charge on any atom is -0.495 e. The molecular weight excluding hydrogens is 176 g/mol. The van der Waals surface area contributed by atoms with E-state index in [0.717, 1.165) is 11.3 Å². The summed E-state index contributed by atoms with van der Waals surface area (Å²) in [5.74, 6) is 0.710. The highest BCUT2D eigenvalue weighted by Crippen LogP contribution is 2.22. The first kappa shape index (κ1) is 10.1. The van der Waals surface area contributed by atoms with Gasteiger partial charge in [0.05, 0.1) is 18.4 Å². The van der Waals surface area contributed by atoms with Crippen molar-refractivity contribution in [3.63, 3.8) is 0 Å². The van der Waals surface area contributed by atoms with Crippen molar-refractivity contribution in [3.8, 4) is 6.07 Å². The molecule has 0 atom stereocenters. The summed E-state index contributed by atoms with van der Waals surface area (Å²) in [6, 6.07) is 2.08. The Hall–Kier alpha value is -1.95. The predicted molar refractivity (Wildman–Crippen MR) is 56.3 cm³/mol. The van der Waals surface area contributed by atoms with E-state index >= 15 is 0 Å². The third-order valence-electron chi connectivity index (χ3n) is 1.97. The van der Waals surface area contributed by atoms with Crippen molar-refractivity contribution in [1.82, 2.24) is 4.98 Å². The van der Waals surface area contributed by atoms with Crippen molar-refractivity contribution in [2.24, 2.45) is 0 Å². The molecule has 3 nitrogen and oxygen atoms in total. The van der Waals surface area contributed by atoms with Crippen LogP contribution in [0.25, 0.3) is 11.8 Å². The van der Waals surface area contributed by atoms with Crippen LogP contribution in [0, 0.1) is 11.3 Å². The number of allylic oxidation sites excluding steroid dienone is 1. The molecule has 0 bridgehead atoms. The highest BCUT2D eigenvalue weighted by atomic mass is 16.5. The fourth-order valence-electron chi connectivity index (χ4n) is 1.31. The van der Waals surface area contributed by atoms with Crippen LogP contribution in [0.3, 0.4) is 0 Å². The van der Waals surface area contributed by atoms with E-state index in [9.17, 15) is 0 Å². The molecule has 0 saturated heterocycles. The van der Waals surface area contributed by atoms with Gasteiger partial charge in [0.25, 0.3) is 0 Å². The molecule has 1 heterocycles. The molecule has 0 aromatic carbocycles. The lowest BCUT2D eigenvalue weighted by atomic mass is 10.1. The van der Waals surface area contributed by atoms with Crippen LogP contribution in [0.2, 0.25) is 0 Å². The van der Waals surface area contributed by atoms with E-state index in [1.807, 2.05) is 13.0 Å². The van der Waals surface area contributed by atoms with Crippen molar-refractivity contribution in [3.05, 3.63) is 35.7 Å². The van der Waals surface area contributed by atoms with Crippen LogP contribution in [0.4, 0.5) is 0 Å². The zero-order valence-corrected chi connectivity index (χ0v) is 8.29. The first-order valence-corrected chi connectivity index (χ1v) is 4.23. The van der Waals surface area contributed by atoms with Crippen molar-refractivity contribution >= 4 is 11.8 Å². The van der Waals surface area contributed by atoms with Gasteiger partial charge in [-0.3, -0.25) is 0 Å². The summed E-state index contributed by atoms with van der Waals surface area (Å²) in [6.45, 7) is 5.54. The van der Waals surface area contributed by atoms with Gasteiger partial charge in [-0.2, -0.15) is 5.26 Å². The van der Waals surface area contributed by atoms with Gasteiger partial charge in [0.15, 0.2) is 0 Å². The number of rotatable bonds is 3. The molecule has 0 aliphatic heterocycles. The average Bonchev–Trinajstić information content (AvgIpc) is 2.62. The zero-order chi connectivity index (χ0) is 10.6. The van der Waals surface area contributed by atoms with Crippen LogP contribution in [0.15, 0.2) is 18.9 Å². The molecule has 0 saturated carbocycles. The maximum atomic E-state index is 8.81. The number of ether oxygens (including phenoxy) is 1. The summed E-state index contributed by atoms with van der Waals surface area (Å²) in [4.78, 5) is 2.99. The minimum atomic E-state index is 0.575. The molecule has 14 heavy (non-hydrogen) atoms. The Morgan fingerprint density at radius 2 is 2.43 bits per heavy atom. The topological polar surface area (TPSA) is 48.8 Å². The quantitative estimate of drug-likeness (QED) is 0.741. The molecule has 72 valence electrons. The third-order valence-corrected chi connectivity index (χ3v) is 1.97. The van der Waals surface area contributed by atoms with E-state index in [-0.39, 0.29) is 0 Å². The summed E-state index contributed by atoms with van der Waals surface area (Å²) < 4.78 is 5.16. The molecule has 1 aromatic heterocycles. The molecule has 1 rings (SSSR count). The van der Waals surface area contributed by atoms with Crippen molar-refractivity contribution in [1.29, 1.82) is 5.26 Å². The number of hydrogen-bond acceptors (Lipinski definition) is 2. The number of methoxy groups -OCH3 is 1. The lowest BCUT2D eigenvalue weighted by molar-refractivity contribution is 0.368. The molecule has 1 N–H and O–H groups in total. The Balaban J connectivity index is 3.30. The van der Waals surface area contributed by atoms with E-state index in [4.69, 9.17) is 10.00 Å². The van der Waals surface area contributed by atoms with Crippen LogP contribution < -0.4 is 0 Å². The number of aromatic amines is 1. The highest BCUT2D eigenvalue weighted by molar-refractivity contribution is 5.71. The zero-order valence-electron chi connectivity index (χ0n) is 8.29. The lowest BCUT2D eigenvalue weighted by Gasteiger charge is -2.04. The van der Waals surface area contributed by atoms with Crippen molar-refractivity contribution in [2.75, 3.05) is 7.11 Å². The molecular formula is C11H12N2O. The van der Waals surface area contributed by atoms with Gasteiger partial charge in [0.2, 0.25) is 0 Å². The van der Waals surface area contributed by atoms with Crippen LogP contribution in [0.1, 0.15) is 23.7 Å². The molecule has 0 unspecified atom stereocenters. The van der Waals surface area contributed by atoms with Gasteiger partial charge in [-0.1, -0.05) is 12.7 Å². The van der Waals surface area contributed by atoms with Crippen LogP contribution in [-0.4, -0.2) is 12.1 Å². The SMILES string of the molecule is C=Cc1c(C#N)c[nH]c1/C(=C\C)OC. The number of H-pyrrole nitrogens is 1. The summed E-state index contributed by atoms with van der Waals surface area (Å²) in [6.07, 6.45) is 5.13. The third kappa shape index (κ3) is 1.55. The van der Waals surface area contributed by atoms with E-state index in [1.54, 1.807) is 19.4 Å². The van der Waals surface area contributed by atoms with Gasteiger partial charge >= 0.3 is 0 Å². The maximum Gasteiger partial charge on any atom is 0.138 e. The molecule has 0 amide bonds. The Kier molecular flexibility index (Phi) is 3.14. The normalized spacial score (nSPS) is 10.8. The van der Waals surface area contributed by atoms with Crippen LogP contribution >= 0.6 is 0 Å². The molecule has 1 aromatic rings. The number of nitriles is 1. The van der Waals surface area contributed by atoms with Gasteiger partial charge in [-0.15, -0.1) is 0 Å². The molecule has 0 aliphatic rings. The van der Waals surface area contributed by atoms with Crippen molar-refractivity contribution in [2.45, 2.75) is 6.92 Å². The van der Waals surface area contributed by atoms with E-state index in [2.05, 4.69) is 17.6 Å². The first-order valence-electron chi connectivity index (χ1n) is 4.23. The maximum absolute atomic E-state index is 8.81. The number of aromatic nitrogens is 1. The smallest absolute Gasteiger partial charge is 0.138 e. The van der Waals surface area contributed by atoms with Crippen LogP contribution in [0.5, 0.6) is 0 Å². The van der Waals surface area contributed by atoms with E-state index in [1.165, 1.54) is 0 Å². The lowest BCUT2D eigenvalue weighted by Crippen LogP contribution is -1.90. The number of nitrogens with zero attached hydrogens (tertiary/aromatic N) is 1. The van der Waals surface area contributed by atoms with Gasteiger partial charge < -0.3 is 9.72 Å². The Bertz CT molecular complexity index is 407. The minimum absolute atomic E-state index is 0.575. The summed E-state index contributed by atoms with van der Waals surface area (Å²) in [5.41, 5.74) is 2.15. The van der Waals surface area contributed by atoms with E-state index < -0.39 is 0 Å². The average molecular weight is 188 g/mol. The molecule has 0 radical (unpaired) electrons. The van der Waals surface area contributed by atoms with E-state index in [0.29, 0.717) is 11.3 Å². The second-order valence-corrected chi connectivity index (χ2v) is 2.66. The fourth-order valence-corrected chi connectivity index (χ4v) is 1.31. The predicted octanol–water partition coefficient (Wildman–Crippen LogP) is 2.54. The largest absolute Gasteiger partial charge is 0.495 e. The standard InChI is InChI=1S/C11H12N2O/c1-4-9-8(6-12)7-13-11(9)10(5-2)14-3/h4-5,7,13H,1H2,2-3H3/b10-5+. The van der Waals surface area contributed by atoms with Gasteiger partial charge in [-0.05, 0) is 13.0 Å². The molecule has 0 spiro atoms. The van der Waals surface area contributed by atoms with Gasteiger partial charge in [-0.25, -0.2) is 0 Å².